The van der Waals surface area contributed by atoms with E-state index in [2.05, 4.69) is 20.5 Å². The van der Waals surface area contributed by atoms with E-state index >= 15 is 0 Å². The maximum atomic E-state index is 14.3. The molecule has 0 amide bonds. The van der Waals surface area contributed by atoms with Gasteiger partial charge in [-0.1, -0.05) is 12.1 Å². The Morgan fingerprint density at radius 1 is 1.10 bits per heavy atom. The highest BCUT2D eigenvalue weighted by Gasteiger charge is 2.20. The van der Waals surface area contributed by atoms with E-state index < -0.39 is 17.5 Å². The van der Waals surface area contributed by atoms with Gasteiger partial charge in [0.05, 0.1) is 5.56 Å². The summed E-state index contributed by atoms with van der Waals surface area (Å²) in [7, 11) is 0. The molecule has 0 saturated heterocycles. The number of nitrogen functional groups attached to an aromatic ring is 1. The van der Waals surface area contributed by atoms with Crippen LogP contribution in [-0.2, 0) is 11.2 Å². The molecular formula is C21H15F3N6O. The molecule has 31 heavy (non-hydrogen) atoms. The van der Waals surface area contributed by atoms with Gasteiger partial charge >= 0.3 is 0 Å². The fourth-order valence-corrected chi connectivity index (χ4v) is 3.23. The molecule has 0 aliphatic rings. The van der Waals surface area contributed by atoms with Gasteiger partial charge in [-0.05, 0) is 58.8 Å². The summed E-state index contributed by atoms with van der Waals surface area (Å²) < 4.78 is 42.8. The van der Waals surface area contributed by atoms with Gasteiger partial charge in [-0.15, -0.1) is 5.10 Å². The molecule has 4 rings (SSSR count). The fourth-order valence-electron chi connectivity index (χ4n) is 3.23. The van der Waals surface area contributed by atoms with Crippen LogP contribution in [0.25, 0.3) is 28.2 Å². The highest BCUT2D eigenvalue weighted by molar-refractivity contribution is 5.83. The van der Waals surface area contributed by atoms with Gasteiger partial charge in [-0.3, -0.25) is 4.79 Å². The summed E-state index contributed by atoms with van der Waals surface area (Å²) in [6.07, 6.45) is 1.49. The zero-order valence-corrected chi connectivity index (χ0v) is 16.2. The van der Waals surface area contributed by atoms with Crippen molar-refractivity contribution in [1.82, 2.24) is 25.2 Å². The summed E-state index contributed by atoms with van der Waals surface area (Å²) in [6, 6.07) is 9.28. The second-order valence-electron chi connectivity index (χ2n) is 6.82. The molecule has 2 aromatic heterocycles. The molecule has 7 nitrogen and oxygen atoms in total. The van der Waals surface area contributed by atoms with Gasteiger partial charge in [-0.2, -0.15) is 4.68 Å². The average molecular weight is 424 g/mol. The Morgan fingerprint density at radius 3 is 2.68 bits per heavy atom. The van der Waals surface area contributed by atoms with Crippen molar-refractivity contribution in [3.05, 3.63) is 71.7 Å². The molecule has 10 heteroatoms. The molecule has 0 radical (unpaired) electrons. The number of benzene rings is 2. The van der Waals surface area contributed by atoms with Crippen LogP contribution in [0.2, 0.25) is 0 Å². The van der Waals surface area contributed by atoms with Crippen LogP contribution in [0.5, 0.6) is 0 Å². The number of aromatic nitrogens is 5. The second kappa shape index (κ2) is 7.98. The van der Waals surface area contributed by atoms with Crippen LogP contribution in [0, 0.1) is 17.5 Å². The van der Waals surface area contributed by atoms with Crippen LogP contribution >= 0.6 is 0 Å². The number of tetrazole rings is 1. The van der Waals surface area contributed by atoms with Crippen LogP contribution in [0.3, 0.4) is 0 Å². The van der Waals surface area contributed by atoms with Crippen molar-refractivity contribution in [3.63, 3.8) is 0 Å². The van der Waals surface area contributed by atoms with Gasteiger partial charge in [0.15, 0.2) is 17.5 Å². The topological polar surface area (TPSA) is 99.6 Å². The van der Waals surface area contributed by atoms with Crippen molar-refractivity contribution in [3.8, 4) is 28.2 Å². The zero-order valence-electron chi connectivity index (χ0n) is 16.2. The van der Waals surface area contributed by atoms with E-state index in [1.165, 1.54) is 43.5 Å². The summed E-state index contributed by atoms with van der Waals surface area (Å²) in [5, 5.41) is 11.2. The van der Waals surface area contributed by atoms with Gasteiger partial charge in [0, 0.05) is 18.2 Å². The number of nitrogens with two attached hydrogens (primary N) is 1. The zero-order chi connectivity index (χ0) is 22.1. The number of carbonyl (C=O) groups excluding carboxylic acids is 1. The Labute approximate surface area is 174 Å². The Hall–Kier alpha value is -4.08. The fraction of sp³-hybridized carbons (Fsp3) is 0.0952. The smallest absolute Gasteiger partial charge is 0.190 e. The number of carbonyl (C=O) groups is 1. The second-order valence-corrected chi connectivity index (χ2v) is 6.82. The Kier molecular flexibility index (Phi) is 5.20. The molecule has 0 atom stereocenters. The summed E-state index contributed by atoms with van der Waals surface area (Å²) in [4.78, 5) is 15.8. The lowest BCUT2D eigenvalue weighted by molar-refractivity contribution is -0.116. The van der Waals surface area contributed by atoms with Crippen LogP contribution in [-0.4, -0.2) is 31.0 Å². The SMILES string of the molecule is CC(=O)Cc1cc(F)ccc1-c1cnc(N)c(-c2nnnn2-c2cccc(F)c2F)c1. The lowest BCUT2D eigenvalue weighted by Gasteiger charge is -2.12. The highest BCUT2D eigenvalue weighted by atomic mass is 19.2. The minimum absolute atomic E-state index is 0.0268. The molecule has 2 N–H and O–H groups in total. The van der Waals surface area contributed by atoms with E-state index in [0.717, 1.165) is 10.7 Å². The normalized spacial score (nSPS) is 11.0. The molecule has 0 spiro atoms. The van der Waals surface area contributed by atoms with Crippen molar-refractivity contribution >= 4 is 11.6 Å². The first kappa shape index (κ1) is 20.2. The third-order valence-corrected chi connectivity index (χ3v) is 4.61. The van der Waals surface area contributed by atoms with Crippen LogP contribution in [0.4, 0.5) is 19.0 Å². The molecule has 0 aliphatic carbocycles. The van der Waals surface area contributed by atoms with E-state index in [4.69, 9.17) is 5.73 Å². The molecule has 0 unspecified atom stereocenters. The van der Waals surface area contributed by atoms with Gasteiger partial charge in [0.1, 0.15) is 23.1 Å². The number of anilines is 1. The quantitative estimate of drug-likeness (QED) is 0.526. The number of nitrogens with zero attached hydrogens (tertiary/aromatic N) is 5. The minimum Gasteiger partial charge on any atom is -0.383 e. The first-order valence-electron chi connectivity index (χ1n) is 9.12. The maximum Gasteiger partial charge on any atom is 0.190 e. The lowest BCUT2D eigenvalue weighted by atomic mass is 9.96. The highest BCUT2D eigenvalue weighted by Crippen LogP contribution is 2.32. The number of hydrogen-bond donors (Lipinski definition) is 1. The number of pyridine rings is 1. The van der Waals surface area contributed by atoms with Crippen molar-refractivity contribution in [2.24, 2.45) is 0 Å². The van der Waals surface area contributed by atoms with Gasteiger partial charge < -0.3 is 5.73 Å². The molecule has 4 aromatic rings. The Balaban J connectivity index is 1.86. The van der Waals surface area contributed by atoms with Crippen molar-refractivity contribution in [2.45, 2.75) is 13.3 Å². The van der Waals surface area contributed by atoms with Crippen LogP contribution in [0.1, 0.15) is 12.5 Å². The van der Waals surface area contributed by atoms with E-state index in [1.54, 1.807) is 6.07 Å². The predicted octanol–water partition coefficient (Wildman–Crippen LogP) is 3.52. The summed E-state index contributed by atoms with van der Waals surface area (Å²) in [5.74, 6) is -2.71. The molecular weight excluding hydrogens is 409 g/mol. The number of hydrogen-bond acceptors (Lipinski definition) is 6. The third-order valence-electron chi connectivity index (χ3n) is 4.61. The molecule has 2 aromatic carbocycles. The number of ketones is 1. The number of halogens is 3. The number of rotatable bonds is 5. The van der Waals surface area contributed by atoms with Crippen LogP contribution in [0.15, 0.2) is 48.7 Å². The number of Topliss-reactive ketones (excluding diaryl/α,β-unsaturated/α-hetero) is 1. The summed E-state index contributed by atoms with van der Waals surface area (Å²) in [5.41, 5.74) is 7.63. The van der Waals surface area contributed by atoms with E-state index in [1.807, 2.05) is 0 Å². The molecule has 156 valence electrons. The van der Waals surface area contributed by atoms with Crippen molar-refractivity contribution in [2.75, 3.05) is 5.73 Å². The van der Waals surface area contributed by atoms with Crippen LogP contribution < -0.4 is 5.73 Å². The summed E-state index contributed by atoms with van der Waals surface area (Å²) in [6.45, 7) is 1.41. The van der Waals surface area contributed by atoms with Gasteiger partial charge in [-0.25, -0.2) is 18.2 Å². The van der Waals surface area contributed by atoms with Gasteiger partial charge in [0.25, 0.3) is 0 Å². The minimum atomic E-state index is -1.12. The van der Waals surface area contributed by atoms with Crippen molar-refractivity contribution in [1.29, 1.82) is 0 Å². The van der Waals surface area contributed by atoms with E-state index in [0.29, 0.717) is 16.7 Å². The first-order chi connectivity index (χ1) is 14.8. The standard InChI is InChI=1S/C21H15F3N6O/c1-11(31)7-12-8-14(22)5-6-15(12)13-9-16(20(25)26-10-13)21-27-28-29-30(21)18-4-2-3-17(23)19(18)24/h2-6,8-10H,7H2,1H3,(H2,25,26). The average Bonchev–Trinajstić information content (AvgIpc) is 3.20. The first-order valence-corrected chi connectivity index (χ1v) is 9.12. The largest absolute Gasteiger partial charge is 0.383 e. The summed E-state index contributed by atoms with van der Waals surface area (Å²) >= 11 is 0. The lowest BCUT2D eigenvalue weighted by Crippen LogP contribution is -2.06. The predicted molar refractivity (Wildman–Crippen MR) is 106 cm³/mol. The maximum absolute atomic E-state index is 14.3. The molecule has 0 saturated carbocycles. The molecule has 0 fully saturated rings. The monoisotopic (exact) mass is 424 g/mol. The van der Waals surface area contributed by atoms with E-state index in [-0.39, 0.29) is 35.1 Å². The van der Waals surface area contributed by atoms with Gasteiger partial charge in [0.2, 0.25) is 0 Å². The molecule has 2 heterocycles. The van der Waals surface area contributed by atoms with Crippen molar-refractivity contribution < 1.29 is 18.0 Å². The third kappa shape index (κ3) is 3.87. The Bertz CT molecular complexity index is 1300. The van der Waals surface area contributed by atoms with E-state index in [9.17, 15) is 18.0 Å². The molecule has 0 bridgehead atoms. The molecule has 0 aliphatic heterocycles. The Morgan fingerprint density at radius 2 is 1.90 bits per heavy atom.